The zero-order valence-corrected chi connectivity index (χ0v) is 16.4. The van der Waals surface area contributed by atoms with Crippen molar-refractivity contribution in [2.24, 2.45) is 0 Å². The number of carbonyl (C=O) groups is 1. The van der Waals surface area contributed by atoms with Gasteiger partial charge in [-0.05, 0) is 57.2 Å². The highest BCUT2D eigenvalue weighted by Crippen LogP contribution is 2.23. The number of amides is 1. The van der Waals surface area contributed by atoms with Gasteiger partial charge in [-0.3, -0.25) is 4.79 Å². The maximum Gasteiger partial charge on any atom is 0.241 e. The Bertz CT molecular complexity index is 864. The molecule has 2 aromatic rings. The van der Waals surface area contributed by atoms with Crippen molar-refractivity contribution < 1.29 is 22.7 Å². The van der Waals surface area contributed by atoms with Crippen molar-refractivity contribution in [2.75, 3.05) is 18.5 Å². The van der Waals surface area contributed by atoms with Crippen LogP contribution in [0.4, 0.5) is 5.69 Å². The molecule has 27 heavy (non-hydrogen) atoms. The van der Waals surface area contributed by atoms with E-state index in [1.54, 1.807) is 36.4 Å². The van der Waals surface area contributed by atoms with Crippen molar-refractivity contribution in [2.45, 2.75) is 31.8 Å². The molecule has 0 saturated heterocycles. The van der Waals surface area contributed by atoms with Crippen LogP contribution in [0, 0.1) is 0 Å². The summed E-state index contributed by atoms with van der Waals surface area (Å²) in [5.41, 5.74) is 0.485. The lowest BCUT2D eigenvalue weighted by Crippen LogP contribution is -2.33. The number of rotatable bonds is 9. The van der Waals surface area contributed by atoms with E-state index in [9.17, 15) is 13.2 Å². The van der Waals surface area contributed by atoms with E-state index >= 15 is 0 Å². The fourth-order valence-electron chi connectivity index (χ4n) is 2.26. The third-order valence-electron chi connectivity index (χ3n) is 3.39. The van der Waals surface area contributed by atoms with E-state index in [-0.39, 0.29) is 11.0 Å². The van der Waals surface area contributed by atoms with Crippen molar-refractivity contribution in [3.8, 4) is 11.5 Å². The van der Waals surface area contributed by atoms with Crippen molar-refractivity contribution in [1.29, 1.82) is 0 Å². The van der Waals surface area contributed by atoms with Crippen LogP contribution in [0.2, 0.25) is 0 Å². The molecule has 0 saturated carbocycles. The smallest absolute Gasteiger partial charge is 0.241 e. The van der Waals surface area contributed by atoms with Crippen molar-refractivity contribution in [1.82, 2.24) is 4.72 Å². The number of benzene rings is 2. The standard InChI is InChI=1S/C19H24N2O5S/c1-4-25-18-8-6-5-7-17(18)21-19(22)13-20-27(23,24)16-11-9-15(10-12-16)26-14(2)3/h5-12,14,20H,4,13H2,1-3H3,(H,21,22). The molecule has 0 bridgehead atoms. The summed E-state index contributed by atoms with van der Waals surface area (Å²) in [6, 6.07) is 13.0. The summed E-state index contributed by atoms with van der Waals surface area (Å²) in [6.45, 7) is 5.66. The van der Waals surface area contributed by atoms with Gasteiger partial charge in [0.25, 0.3) is 0 Å². The number of nitrogens with one attached hydrogen (secondary N) is 2. The Hall–Kier alpha value is -2.58. The highest BCUT2D eigenvalue weighted by Gasteiger charge is 2.16. The number of para-hydroxylation sites is 2. The predicted molar refractivity (Wildman–Crippen MR) is 104 cm³/mol. The van der Waals surface area contributed by atoms with Gasteiger partial charge in [-0.1, -0.05) is 12.1 Å². The summed E-state index contributed by atoms with van der Waals surface area (Å²) in [5, 5.41) is 2.64. The van der Waals surface area contributed by atoms with Gasteiger partial charge in [0.05, 0.1) is 29.8 Å². The highest BCUT2D eigenvalue weighted by molar-refractivity contribution is 7.89. The van der Waals surface area contributed by atoms with E-state index in [2.05, 4.69) is 10.0 Å². The SMILES string of the molecule is CCOc1ccccc1NC(=O)CNS(=O)(=O)c1ccc(OC(C)C)cc1. The molecule has 146 valence electrons. The molecule has 0 radical (unpaired) electrons. The van der Waals surface area contributed by atoms with Crippen LogP contribution in [0.25, 0.3) is 0 Å². The van der Waals surface area contributed by atoms with Gasteiger partial charge in [-0.15, -0.1) is 0 Å². The molecule has 2 rings (SSSR count). The third kappa shape index (κ3) is 6.26. The predicted octanol–water partition coefficient (Wildman–Crippen LogP) is 2.79. The minimum Gasteiger partial charge on any atom is -0.492 e. The van der Waals surface area contributed by atoms with Crippen LogP contribution in [0.1, 0.15) is 20.8 Å². The fourth-order valence-corrected chi connectivity index (χ4v) is 3.24. The van der Waals surface area contributed by atoms with Crippen LogP contribution < -0.4 is 19.5 Å². The molecule has 2 N–H and O–H groups in total. The summed E-state index contributed by atoms with van der Waals surface area (Å²) < 4.78 is 37.9. The zero-order chi connectivity index (χ0) is 19.9. The van der Waals surface area contributed by atoms with Crippen molar-refractivity contribution in [3.63, 3.8) is 0 Å². The Morgan fingerprint density at radius 1 is 1.07 bits per heavy atom. The average Bonchev–Trinajstić information content (AvgIpc) is 2.62. The maximum absolute atomic E-state index is 12.3. The molecule has 0 heterocycles. The summed E-state index contributed by atoms with van der Waals surface area (Å²) in [6.07, 6.45) is -0.00570. The van der Waals surface area contributed by atoms with E-state index in [4.69, 9.17) is 9.47 Å². The van der Waals surface area contributed by atoms with Crippen LogP contribution in [0.5, 0.6) is 11.5 Å². The highest BCUT2D eigenvalue weighted by atomic mass is 32.2. The molecule has 0 fully saturated rings. The third-order valence-corrected chi connectivity index (χ3v) is 4.81. The van der Waals surface area contributed by atoms with Gasteiger partial charge in [0.2, 0.25) is 15.9 Å². The molecule has 0 aliphatic carbocycles. The maximum atomic E-state index is 12.3. The summed E-state index contributed by atoms with van der Waals surface area (Å²) in [7, 11) is -3.81. The van der Waals surface area contributed by atoms with E-state index in [0.29, 0.717) is 23.8 Å². The Morgan fingerprint density at radius 2 is 1.74 bits per heavy atom. The lowest BCUT2D eigenvalue weighted by molar-refractivity contribution is -0.115. The molecule has 0 aromatic heterocycles. The first-order chi connectivity index (χ1) is 12.8. The molecule has 0 unspecified atom stereocenters. The number of hydrogen-bond donors (Lipinski definition) is 2. The molecule has 0 aliphatic heterocycles. The fraction of sp³-hybridized carbons (Fsp3) is 0.316. The second kappa shape index (κ2) is 9.38. The first-order valence-corrected chi connectivity index (χ1v) is 10.1. The molecule has 0 spiro atoms. The van der Waals surface area contributed by atoms with Gasteiger partial charge in [0, 0.05) is 0 Å². The molecule has 7 nitrogen and oxygen atoms in total. The lowest BCUT2D eigenvalue weighted by atomic mass is 10.3. The van der Waals surface area contributed by atoms with Crippen LogP contribution >= 0.6 is 0 Å². The molecular weight excluding hydrogens is 368 g/mol. The van der Waals surface area contributed by atoms with E-state index in [1.165, 1.54) is 12.1 Å². The molecular formula is C19H24N2O5S. The summed E-state index contributed by atoms with van der Waals surface area (Å²) >= 11 is 0. The first-order valence-electron chi connectivity index (χ1n) is 8.60. The van der Waals surface area contributed by atoms with Gasteiger partial charge in [-0.2, -0.15) is 0 Å². The van der Waals surface area contributed by atoms with E-state index < -0.39 is 22.5 Å². The van der Waals surface area contributed by atoms with Crippen LogP contribution in [-0.4, -0.2) is 33.6 Å². The Morgan fingerprint density at radius 3 is 2.37 bits per heavy atom. The van der Waals surface area contributed by atoms with Gasteiger partial charge >= 0.3 is 0 Å². The first kappa shape index (κ1) is 20.7. The quantitative estimate of drug-likeness (QED) is 0.684. The van der Waals surface area contributed by atoms with Crippen molar-refractivity contribution >= 4 is 21.6 Å². The minimum absolute atomic E-state index is 0.00570. The number of ether oxygens (including phenoxy) is 2. The zero-order valence-electron chi connectivity index (χ0n) is 15.6. The van der Waals surface area contributed by atoms with Gasteiger partial charge in [0.1, 0.15) is 11.5 Å². The Labute approximate surface area is 159 Å². The molecule has 0 aliphatic rings. The topological polar surface area (TPSA) is 93.7 Å². The Kier molecular flexibility index (Phi) is 7.20. The second-order valence-electron chi connectivity index (χ2n) is 5.94. The van der Waals surface area contributed by atoms with Crippen LogP contribution in [0.15, 0.2) is 53.4 Å². The molecule has 1 amide bonds. The summed E-state index contributed by atoms with van der Waals surface area (Å²) in [5.74, 6) is 0.608. The van der Waals surface area contributed by atoms with Crippen LogP contribution in [0.3, 0.4) is 0 Å². The number of hydrogen-bond acceptors (Lipinski definition) is 5. The molecule has 0 atom stereocenters. The average molecular weight is 392 g/mol. The van der Waals surface area contributed by atoms with E-state index in [0.717, 1.165) is 0 Å². The lowest BCUT2D eigenvalue weighted by Gasteiger charge is -2.12. The second-order valence-corrected chi connectivity index (χ2v) is 7.71. The van der Waals surface area contributed by atoms with Gasteiger partial charge < -0.3 is 14.8 Å². The molecule has 2 aromatic carbocycles. The summed E-state index contributed by atoms with van der Waals surface area (Å²) in [4.78, 5) is 12.2. The van der Waals surface area contributed by atoms with Crippen molar-refractivity contribution in [3.05, 3.63) is 48.5 Å². The van der Waals surface area contributed by atoms with E-state index in [1.807, 2.05) is 20.8 Å². The normalized spacial score (nSPS) is 11.3. The van der Waals surface area contributed by atoms with Crippen LogP contribution in [-0.2, 0) is 14.8 Å². The van der Waals surface area contributed by atoms with Gasteiger partial charge in [0.15, 0.2) is 0 Å². The number of sulfonamides is 1. The number of anilines is 1. The monoisotopic (exact) mass is 392 g/mol. The minimum atomic E-state index is -3.81. The van der Waals surface area contributed by atoms with Gasteiger partial charge in [-0.25, -0.2) is 13.1 Å². The molecule has 8 heteroatoms. The largest absolute Gasteiger partial charge is 0.492 e. The Balaban J connectivity index is 1.97. The number of carbonyl (C=O) groups excluding carboxylic acids is 1.